The van der Waals surface area contributed by atoms with Gasteiger partial charge in [0.15, 0.2) is 0 Å². The first-order valence-corrected chi connectivity index (χ1v) is 15.4. The summed E-state index contributed by atoms with van der Waals surface area (Å²) in [7, 11) is 2.17. The van der Waals surface area contributed by atoms with Crippen molar-refractivity contribution in [3.05, 3.63) is 71.8 Å². The van der Waals surface area contributed by atoms with E-state index in [9.17, 15) is 18.0 Å². The maximum absolute atomic E-state index is 13.3. The molecule has 0 bridgehead atoms. The van der Waals surface area contributed by atoms with Crippen molar-refractivity contribution in [3.63, 3.8) is 0 Å². The first-order valence-electron chi connectivity index (χ1n) is 13.6. The second-order valence-corrected chi connectivity index (χ2v) is 12.8. The van der Waals surface area contributed by atoms with Crippen LogP contribution in [0.3, 0.4) is 0 Å². The number of carbonyl (C=O) groups excluding carboxylic acids is 2. The van der Waals surface area contributed by atoms with Crippen LogP contribution < -0.4 is 14.9 Å². The zero-order valence-electron chi connectivity index (χ0n) is 23.8. The summed E-state index contributed by atoms with van der Waals surface area (Å²) in [4.78, 5) is 32.9. The lowest BCUT2D eigenvalue weighted by atomic mass is 10.0. The number of benzene rings is 3. The van der Waals surface area contributed by atoms with Crippen molar-refractivity contribution in [2.45, 2.75) is 0 Å². The Kier molecular flexibility index (Phi) is 8.03. The Morgan fingerprint density at radius 1 is 0.854 bits per heavy atom. The van der Waals surface area contributed by atoms with Gasteiger partial charge in [-0.15, -0.1) is 0 Å². The minimum atomic E-state index is -3.47. The average molecular weight is 577 g/mol. The smallest absolute Gasteiger partial charge is 0.257 e. The van der Waals surface area contributed by atoms with Crippen molar-refractivity contribution in [2.75, 3.05) is 81.6 Å². The molecule has 0 aliphatic carbocycles. The van der Waals surface area contributed by atoms with E-state index < -0.39 is 10.0 Å². The third kappa shape index (κ3) is 6.22. The molecule has 0 aromatic heterocycles. The van der Waals surface area contributed by atoms with Crippen LogP contribution in [0.15, 0.2) is 60.7 Å². The van der Waals surface area contributed by atoms with Crippen LogP contribution in [0.1, 0.15) is 20.7 Å². The Bertz CT molecular complexity index is 1580. The molecule has 2 aliphatic heterocycles. The van der Waals surface area contributed by atoms with Gasteiger partial charge in [-0.25, -0.2) is 8.42 Å². The van der Waals surface area contributed by atoms with Gasteiger partial charge in [0.2, 0.25) is 10.0 Å². The maximum atomic E-state index is 13.3. The second-order valence-electron chi connectivity index (χ2n) is 10.8. The number of likely N-dealkylation sites (N-methyl/N-ethyl adjacent to an activating group) is 1. The van der Waals surface area contributed by atoms with Crippen LogP contribution in [0.25, 0.3) is 11.1 Å². The van der Waals surface area contributed by atoms with Gasteiger partial charge < -0.3 is 20.4 Å². The SMILES string of the molecule is CN(C)CCN1CCN(C(=O)c2ccc3c(c2)NC(=O)c2ccc(-c4ccccc4N(C)S(C)(=O)=O)cc2N3)CC1. The lowest BCUT2D eigenvalue weighted by molar-refractivity contribution is 0.0629. The molecule has 5 rings (SSSR count). The Labute approximate surface area is 241 Å². The molecule has 10 nitrogen and oxygen atoms in total. The van der Waals surface area contributed by atoms with Crippen LogP contribution in [-0.4, -0.2) is 102 Å². The van der Waals surface area contributed by atoms with Crippen molar-refractivity contribution in [1.29, 1.82) is 0 Å². The highest BCUT2D eigenvalue weighted by molar-refractivity contribution is 7.92. The third-order valence-corrected chi connectivity index (χ3v) is 8.81. The van der Waals surface area contributed by atoms with Gasteiger partial charge in [0, 0.05) is 57.4 Å². The van der Waals surface area contributed by atoms with Crippen LogP contribution >= 0.6 is 0 Å². The Morgan fingerprint density at radius 3 is 2.29 bits per heavy atom. The molecule has 0 spiro atoms. The number of rotatable bonds is 7. The summed E-state index contributed by atoms with van der Waals surface area (Å²) in [5.74, 6) is -0.344. The Hall–Kier alpha value is -3.93. The van der Waals surface area contributed by atoms with Crippen LogP contribution in [0, 0.1) is 0 Å². The third-order valence-electron chi connectivity index (χ3n) is 7.62. The van der Waals surface area contributed by atoms with E-state index in [1.807, 2.05) is 29.2 Å². The van der Waals surface area contributed by atoms with Gasteiger partial charge >= 0.3 is 0 Å². The number of carbonyl (C=O) groups is 2. The van der Waals surface area contributed by atoms with E-state index in [-0.39, 0.29) is 11.8 Å². The van der Waals surface area contributed by atoms with Crippen molar-refractivity contribution in [2.24, 2.45) is 0 Å². The average Bonchev–Trinajstić information content (AvgIpc) is 3.09. The lowest BCUT2D eigenvalue weighted by Gasteiger charge is -2.35. The molecule has 0 atom stereocenters. The van der Waals surface area contributed by atoms with E-state index in [0.717, 1.165) is 43.6 Å². The van der Waals surface area contributed by atoms with Gasteiger partial charge in [-0.2, -0.15) is 0 Å². The molecule has 2 aliphatic rings. The molecule has 2 heterocycles. The van der Waals surface area contributed by atoms with Crippen molar-refractivity contribution < 1.29 is 18.0 Å². The summed E-state index contributed by atoms with van der Waals surface area (Å²) in [6, 6.07) is 17.9. The summed E-state index contributed by atoms with van der Waals surface area (Å²) in [5.41, 5.74) is 4.77. The number of nitrogens with one attached hydrogen (secondary N) is 2. The number of piperazine rings is 1. The molecule has 216 valence electrons. The predicted octanol–water partition coefficient (Wildman–Crippen LogP) is 3.38. The number of anilines is 4. The van der Waals surface area contributed by atoms with Gasteiger partial charge in [-0.05, 0) is 56.1 Å². The highest BCUT2D eigenvalue weighted by Gasteiger charge is 2.25. The standard InChI is InChI=1S/C30H36N6O4S/c1-33(2)13-14-35-15-17-36(18-16-35)30(38)22-10-12-25-27(20-22)32-29(37)24-11-9-21(19-26(24)31-25)23-7-5-6-8-28(23)34(3)41(4,39)40/h5-12,19-20,31H,13-18H2,1-4H3,(H,32,37). The fourth-order valence-corrected chi connectivity index (χ4v) is 5.62. The molecule has 2 amide bonds. The highest BCUT2D eigenvalue weighted by atomic mass is 32.2. The van der Waals surface area contributed by atoms with Crippen molar-refractivity contribution in [1.82, 2.24) is 14.7 Å². The largest absolute Gasteiger partial charge is 0.353 e. The first-order chi connectivity index (χ1) is 19.5. The van der Waals surface area contributed by atoms with Gasteiger partial charge in [-0.3, -0.25) is 18.8 Å². The zero-order chi connectivity index (χ0) is 29.3. The normalized spacial score (nSPS) is 15.4. The summed E-state index contributed by atoms with van der Waals surface area (Å²) in [6.45, 7) is 4.97. The van der Waals surface area contributed by atoms with Crippen molar-refractivity contribution in [3.8, 4) is 11.1 Å². The van der Waals surface area contributed by atoms with E-state index in [0.29, 0.717) is 47.0 Å². The number of amides is 2. The van der Waals surface area contributed by atoms with E-state index in [4.69, 9.17) is 0 Å². The molecular formula is C30H36N6O4S. The molecule has 1 saturated heterocycles. The summed E-state index contributed by atoms with van der Waals surface area (Å²) in [5, 5.41) is 6.29. The maximum Gasteiger partial charge on any atom is 0.257 e. The molecule has 3 aromatic carbocycles. The molecule has 0 radical (unpaired) electrons. The Balaban J connectivity index is 1.37. The monoisotopic (exact) mass is 576 g/mol. The molecule has 41 heavy (non-hydrogen) atoms. The molecule has 2 N–H and O–H groups in total. The quantitative estimate of drug-likeness (QED) is 0.444. The zero-order valence-corrected chi connectivity index (χ0v) is 24.7. The Morgan fingerprint density at radius 2 is 1.59 bits per heavy atom. The first kappa shape index (κ1) is 28.6. The number of hydrogen-bond acceptors (Lipinski definition) is 7. The van der Waals surface area contributed by atoms with Crippen LogP contribution in [-0.2, 0) is 10.0 Å². The summed E-state index contributed by atoms with van der Waals surface area (Å²) < 4.78 is 25.7. The summed E-state index contributed by atoms with van der Waals surface area (Å²) in [6.07, 6.45) is 1.16. The molecular weight excluding hydrogens is 540 g/mol. The van der Waals surface area contributed by atoms with Gasteiger partial charge in [0.1, 0.15) is 0 Å². The number of hydrogen-bond donors (Lipinski definition) is 2. The molecule has 0 unspecified atom stereocenters. The van der Waals surface area contributed by atoms with E-state index in [1.165, 1.54) is 11.4 Å². The van der Waals surface area contributed by atoms with Crippen LogP contribution in [0.5, 0.6) is 0 Å². The molecule has 0 saturated carbocycles. The minimum Gasteiger partial charge on any atom is -0.353 e. The number of nitrogens with zero attached hydrogens (tertiary/aromatic N) is 4. The number of sulfonamides is 1. The minimum absolute atomic E-state index is 0.0510. The van der Waals surface area contributed by atoms with E-state index >= 15 is 0 Å². The second kappa shape index (κ2) is 11.5. The number of fused-ring (bicyclic) bond motifs is 2. The van der Waals surface area contributed by atoms with Crippen LogP contribution in [0.2, 0.25) is 0 Å². The van der Waals surface area contributed by atoms with E-state index in [2.05, 4.69) is 34.5 Å². The fraction of sp³-hybridized carbons (Fsp3) is 0.333. The van der Waals surface area contributed by atoms with Gasteiger partial charge in [0.25, 0.3) is 11.8 Å². The lowest BCUT2D eigenvalue weighted by Crippen LogP contribution is -2.50. The summed E-state index contributed by atoms with van der Waals surface area (Å²) >= 11 is 0. The van der Waals surface area contributed by atoms with E-state index in [1.54, 1.807) is 36.4 Å². The molecule has 3 aromatic rings. The predicted molar refractivity (Wildman–Crippen MR) is 164 cm³/mol. The molecule has 11 heteroatoms. The number of para-hydroxylation sites is 1. The molecule has 1 fully saturated rings. The van der Waals surface area contributed by atoms with Crippen LogP contribution in [0.4, 0.5) is 22.7 Å². The van der Waals surface area contributed by atoms with Gasteiger partial charge in [0.05, 0.1) is 34.6 Å². The van der Waals surface area contributed by atoms with Crippen molar-refractivity contribution >= 4 is 44.6 Å². The highest BCUT2D eigenvalue weighted by Crippen LogP contribution is 2.38. The van der Waals surface area contributed by atoms with Gasteiger partial charge in [-0.1, -0.05) is 24.3 Å². The fourth-order valence-electron chi connectivity index (χ4n) is 5.11. The topological polar surface area (TPSA) is 105 Å².